The highest BCUT2D eigenvalue weighted by atomic mass is 32.2. The van der Waals surface area contributed by atoms with Crippen LogP contribution in [0.5, 0.6) is 5.75 Å². The van der Waals surface area contributed by atoms with Crippen molar-refractivity contribution in [1.82, 2.24) is 5.27 Å². The summed E-state index contributed by atoms with van der Waals surface area (Å²) in [7, 11) is 2.90. The molecule has 11 heteroatoms. The predicted octanol–water partition coefficient (Wildman–Crippen LogP) is 3.10. The molecule has 9 nitrogen and oxygen atoms in total. The summed E-state index contributed by atoms with van der Waals surface area (Å²) in [4.78, 5) is 38.9. The molecular weight excluding hydrogens is 466 g/mol. The third-order valence-electron chi connectivity index (χ3n) is 5.39. The van der Waals surface area contributed by atoms with Crippen LogP contribution < -0.4 is 20.4 Å². The Morgan fingerprint density at radius 2 is 1.94 bits per heavy atom. The lowest BCUT2D eigenvalue weighted by molar-refractivity contribution is -0.704. The molecule has 2 heterocycles. The van der Waals surface area contributed by atoms with Crippen LogP contribution in [0, 0.1) is 0 Å². The molecule has 2 aromatic heterocycles. The fraction of sp³-hybridized carbons (Fsp3) is 0.364. The highest BCUT2D eigenvalue weighted by Gasteiger charge is 2.31. The zero-order valence-corrected chi connectivity index (χ0v) is 20.1. The van der Waals surface area contributed by atoms with E-state index < -0.39 is 16.8 Å². The minimum atomic E-state index is -0.641. The van der Waals surface area contributed by atoms with Gasteiger partial charge in [0.2, 0.25) is 11.6 Å². The number of ether oxygens (including phenoxy) is 2. The Kier molecular flexibility index (Phi) is 6.89. The van der Waals surface area contributed by atoms with E-state index in [2.05, 4.69) is 10.6 Å². The summed E-state index contributed by atoms with van der Waals surface area (Å²) in [6.45, 7) is 1.69. The molecule has 2 N–H and O–H groups in total. The van der Waals surface area contributed by atoms with E-state index in [4.69, 9.17) is 14.0 Å². The number of esters is 1. The third kappa shape index (κ3) is 4.69. The summed E-state index contributed by atoms with van der Waals surface area (Å²) in [6.07, 6.45) is 3.74. The fourth-order valence-corrected chi connectivity index (χ4v) is 5.84. The lowest BCUT2D eigenvalue weighted by Gasteiger charge is -2.12. The van der Waals surface area contributed by atoms with Crippen LogP contribution >= 0.6 is 23.1 Å². The van der Waals surface area contributed by atoms with Gasteiger partial charge in [-0.1, -0.05) is 0 Å². The summed E-state index contributed by atoms with van der Waals surface area (Å²) < 4.78 is 16.6. The van der Waals surface area contributed by atoms with E-state index in [1.165, 1.54) is 23.1 Å². The second-order valence-corrected chi connectivity index (χ2v) is 9.91. The Morgan fingerprint density at radius 1 is 1.21 bits per heavy atom. The topological polar surface area (TPSA) is 115 Å². The van der Waals surface area contributed by atoms with Gasteiger partial charge in [0.15, 0.2) is 0 Å². The Bertz CT molecular complexity index is 1230. The minimum Gasteiger partial charge on any atom is -0.497 e. The smallest absolute Gasteiger partial charge is 0.442 e. The first-order chi connectivity index (χ1) is 15.9. The first-order valence-corrected chi connectivity index (χ1v) is 12.1. The van der Waals surface area contributed by atoms with E-state index in [1.807, 2.05) is 0 Å². The number of anilines is 1. The maximum atomic E-state index is 13.0. The number of hydrogen-bond donors (Lipinski definition) is 2. The molecule has 1 aromatic carbocycles. The number of aromatic amines is 1. The lowest BCUT2D eigenvalue weighted by atomic mass is 9.95. The van der Waals surface area contributed by atoms with Gasteiger partial charge in [0.25, 0.3) is 0 Å². The monoisotopic (exact) mass is 490 g/mol. The van der Waals surface area contributed by atoms with Crippen molar-refractivity contribution in [2.24, 2.45) is 0 Å². The summed E-state index contributed by atoms with van der Waals surface area (Å²) in [6, 6.07) is 7.03. The molecule has 1 atom stereocenters. The molecule has 174 valence electrons. The molecule has 0 bridgehead atoms. The molecule has 1 aliphatic rings. The molecule has 1 unspecified atom stereocenters. The maximum Gasteiger partial charge on any atom is 0.442 e. The number of H-pyrrole nitrogens is 1. The maximum absolute atomic E-state index is 13.0. The minimum absolute atomic E-state index is 0.224. The molecule has 3 aromatic rings. The summed E-state index contributed by atoms with van der Waals surface area (Å²) in [5.74, 6) is -0.105. The van der Waals surface area contributed by atoms with Gasteiger partial charge in [0.05, 0.1) is 25.0 Å². The SMILES string of the molecule is COC(=O)c1c(NC(=O)C(C)Sc2c(=O)o[nH][n+]2-c2ccc(OC)cc2)sc2c1CCCC2. The lowest BCUT2D eigenvalue weighted by Crippen LogP contribution is -2.37. The van der Waals surface area contributed by atoms with Gasteiger partial charge in [-0.15, -0.1) is 11.3 Å². The van der Waals surface area contributed by atoms with E-state index in [0.29, 0.717) is 22.0 Å². The molecule has 0 aliphatic heterocycles. The molecular formula is C22H24N3O6S2+. The molecule has 0 saturated carbocycles. The Morgan fingerprint density at radius 3 is 2.64 bits per heavy atom. The van der Waals surface area contributed by atoms with Crippen LogP contribution in [0.1, 0.15) is 40.6 Å². The molecule has 0 radical (unpaired) electrons. The second-order valence-electron chi connectivity index (χ2n) is 7.48. The number of thioether (sulfide) groups is 1. The van der Waals surface area contributed by atoms with E-state index in [0.717, 1.165) is 47.9 Å². The number of methoxy groups -OCH3 is 2. The average Bonchev–Trinajstić information content (AvgIpc) is 3.38. The van der Waals surface area contributed by atoms with Crippen LogP contribution in [0.4, 0.5) is 5.00 Å². The fourth-order valence-electron chi connectivity index (χ4n) is 3.67. The van der Waals surface area contributed by atoms with Crippen LogP contribution in [-0.2, 0) is 22.4 Å². The van der Waals surface area contributed by atoms with Crippen molar-refractivity contribution in [1.29, 1.82) is 0 Å². The van der Waals surface area contributed by atoms with Crippen molar-refractivity contribution in [2.75, 3.05) is 19.5 Å². The van der Waals surface area contributed by atoms with Gasteiger partial charge >= 0.3 is 16.6 Å². The van der Waals surface area contributed by atoms with Crippen LogP contribution in [-0.4, -0.2) is 36.6 Å². The zero-order valence-electron chi connectivity index (χ0n) is 18.4. The van der Waals surface area contributed by atoms with Crippen molar-refractivity contribution < 1.29 is 28.3 Å². The number of aromatic nitrogens is 2. The number of hydrogen-bond acceptors (Lipinski definition) is 8. The number of rotatable bonds is 7. The number of aryl methyl sites for hydroxylation is 1. The summed E-state index contributed by atoms with van der Waals surface area (Å²) in [5, 5.41) is 5.52. The molecule has 0 fully saturated rings. The highest BCUT2D eigenvalue weighted by molar-refractivity contribution is 8.00. The molecule has 4 rings (SSSR count). The Balaban J connectivity index is 1.55. The van der Waals surface area contributed by atoms with Gasteiger partial charge in [-0.25, -0.2) is 9.59 Å². The number of nitrogens with zero attached hydrogens (tertiary/aromatic N) is 1. The van der Waals surface area contributed by atoms with E-state index in [-0.39, 0.29) is 10.9 Å². The molecule has 0 saturated heterocycles. The molecule has 1 aliphatic carbocycles. The van der Waals surface area contributed by atoms with Crippen LogP contribution in [0.25, 0.3) is 5.69 Å². The Hall–Kier alpha value is -3.05. The molecule has 0 spiro atoms. The van der Waals surface area contributed by atoms with Gasteiger partial charge in [-0.05, 0) is 72.0 Å². The van der Waals surface area contributed by atoms with Gasteiger partial charge in [0, 0.05) is 17.0 Å². The van der Waals surface area contributed by atoms with E-state index in [9.17, 15) is 14.4 Å². The van der Waals surface area contributed by atoms with Crippen LogP contribution in [0.15, 0.2) is 38.6 Å². The highest BCUT2D eigenvalue weighted by Crippen LogP contribution is 2.39. The number of amides is 1. The first kappa shape index (κ1) is 23.1. The normalized spacial score (nSPS) is 13.8. The van der Waals surface area contributed by atoms with Gasteiger partial charge < -0.3 is 14.8 Å². The van der Waals surface area contributed by atoms with E-state index >= 15 is 0 Å². The predicted molar refractivity (Wildman–Crippen MR) is 124 cm³/mol. The van der Waals surface area contributed by atoms with Crippen molar-refractivity contribution in [3.63, 3.8) is 0 Å². The van der Waals surface area contributed by atoms with Crippen molar-refractivity contribution in [2.45, 2.75) is 42.9 Å². The number of thiophene rings is 1. The zero-order chi connectivity index (χ0) is 23.5. The number of fused-ring (bicyclic) bond motifs is 1. The third-order valence-corrected chi connectivity index (χ3v) is 7.74. The number of nitrogens with one attached hydrogen (secondary N) is 2. The van der Waals surface area contributed by atoms with Crippen molar-refractivity contribution in [3.8, 4) is 11.4 Å². The number of carbonyl (C=O) groups is 2. The van der Waals surface area contributed by atoms with Crippen LogP contribution in [0.2, 0.25) is 0 Å². The molecule has 33 heavy (non-hydrogen) atoms. The second kappa shape index (κ2) is 9.84. The standard InChI is InChI=1S/C22H23N3O6S2/c1-12(32-20-22(28)31-24-25(20)13-8-10-14(29-2)11-9-13)18(26)23-19-17(21(27)30-3)15-6-4-5-7-16(15)33-19/h8-12H,4-7H2,1-3H3,(H-,23,24,26,27,28)/p+1. The summed E-state index contributed by atoms with van der Waals surface area (Å²) >= 11 is 2.48. The number of benzene rings is 1. The first-order valence-electron chi connectivity index (χ1n) is 10.4. The summed E-state index contributed by atoms with van der Waals surface area (Å²) in [5.41, 5.74) is 1.47. The average molecular weight is 491 g/mol. The molecule has 1 amide bonds. The quantitative estimate of drug-likeness (QED) is 0.297. The van der Waals surface area contributed by atoms with Gasteiger partial charge in [0.1, 0.15) is 10.8 Å². The largest absolute Gasteiger partial charge is 0.497 e. The number of carbonyl (C=O) groups excluding carboxylic acids is 2. The van der Waals surface area contributed by atoms with Crippen molar-refractivity contribution >= 4 is 40.0 Å². The van der Waals surface area contributed by atoms with Crippen molar-refractivity contribution in [3.05, 3.63) is 50.7 Å². The van der Waals surface area contributed by atoms with Crippen LogP contribution in [0.3, 0.4) is 0 Å². The van der Waals surface area contributed by atoms with E-state index in [1.54, 1.807) is 38.3 Å². The van der Waals surface area contributed by atoms with Gasteiger partial charge in [-0.2, -0.15) is 0 Å². The van der Waals surface area contributed by atoms with Gasteiger partial charge in [-0.3, -0.25) is 9.32 Å². The Labute approximate surface area is 198 Å².